The van der Waals surface area contributed by atoms with Crippen molar-refractivity contribution in [3.05, 3.63) is 16.1 Å². The van der Waals surface area contributed by atoms with Gasteiger partial charge in [0, 0.05) is 11.3 Å². The summed E-state index contributed by atoms with van der Waals surface area (Å²) in [6, 6.07) is 0. The Balaban J connectivity index is 1.81. The minimum absolute atomic E-state index is 0.591. The quantitative estimate of drug-likeness (QED) is 0.730. The molecule has 1 aromatic heterocycles. The Morgan fingerprint density at radius 1 is 1.33 bits per heavy atom. The summed E-state index contributed by atoms with van der Waals surface area (Å²) in [5.74, 6) is 3.42. The van der Waals surface area contributed by atoms with E-state index in [1.54, 1.807) is 0 Å². The molecule has 3 rings (SSSR count). The average molecular weight is 221 g/mol. The van der Waals surface area contributed by atoms with E-state index in [4.69, 9.17) is 4.98 Å². The highest BCUT2D eigenvalue weighted by molar-refractivity contribution is 7.09. The molecule has 2 fully saturated rings. The highest BCUT2D eigenvalue weighted by Gasteiger charge is 2.41. The molecule has 0 spiro atoms. The third-order valence-corrected chi connectivity index (χ3v) is 5.18. The Morgan fingerprint density at radius 3 is 2.73 bits per heavy atom. The second-order valence-electron chi connectivity index (χ2n) is 5.55. The lowest BCUT2D eigenvalue weighted by atomic mass is 9.89. The van der Waals surface area contributed by atoms with E-state index < -0.39 is 0 Å². The van der Waals surface area contributed by atoms with Crippen LogP contribution >= 0.6 is 11.3 Å². The van der Waals surface area contributed by atoms with Crippen LogP contribution in [0.1, 0.15) is 62.1 Å². The van der Waals surface area contributed by atoms with Crippen molar-refractivity contribution in [3.8, 4) is 0 Å². The van der Waals surface area contributed by atoms with Crippen LogP contribution in [-0.4, -0.2) is 4.98 Å². The van der Waals surface area contributed by atoms with Crippen molar-refractivity contribution in [2.24, 2.45) is 11.8 Å². The van der Waals surface area contributed by atoms with Gasteiger partial charge in [-0.3, -0.25) is 0 Å². The molecule has 2 saturated carbocycles. The molecule has 0 radical (unpaired) electrons. The minimum Gasteiger partial charge on any atom is -0.246 e. The van der Waals surface area contributed by atoms with Gasteiger partial charge in [0.05, 0.1) is 10.7 Å². The summed E-state index contributed by atoms with van der Waals surface area (Å²) in [7, 11) is 0. The van der Waals surface area contributed by atoms with Gasteiger partial charge in [0.25, 0.3) is 0 Å². The Morgan fingerprint density at radius 2 is 2.20 bits per heavy atom. The molecule has 0 N–H and O–H groups in total. The van der Waals surface area contributed by atoms with Crippen molar-refractivity contribution in [1.82, 2.24) is 4.98 Å². The van der Waals surface area contributed by atoms with E-state index in [0.29, 0.717) is 5.92 Å². The van der Waals surface area contributed by atoms with Gasteiger partial charge in [0.2, 0.25) is 0 Å². The number of thiazole rings is 1. The van der Waals surface area contributed by atoms with Gasteiger partial charge < -0.3 is 0 Å². The number of hydrogen-bond donors (Lipinski definition) is 0. The Kier molecular flexibility index (Phi) is 2.35. The van der Waals surface area contributed by atoms with Gasteiger partial charge >= 0.3 is 0 Å². The van der Waals surface area contributed by atoms with Crippen LogP contribution in [0.3, 0.4) is 0 Å². The van der Waals surface area contributed by atoms with E-state index in [1.807, 2.05) is 11.3 Å². The van der Waals surface area contributed by atoms with Gasteiger partial charge in [0.15, 0.2) is 0 Å². The molecule has 0 amide bonds. The summed E-state index contributed by atoms with van der Waals surface area (Å²) >= 11 is 1.90. The lowest BCUT2D eigenvalue weighted by Gasteiger charge is -2.18. The zero-order valence-corrected chi connectivity index (χ0v) is 10.4. The normalized spacial score (nSPS) is 34.2. The molecule has 0 aliphatic heterocycles. The molecule has 2 heteroatoms. The molecule has 2 aliphatic rings. The zero-order chi connectivity index (χ0) is 10.4. The van der Waals surface area contributed by atoms with Crippen molar-refractivity contribution >= 4 is 11.3 Å². The maximum absolute atomic E-state index is 4.83. The van der Waals surface area contributed by atoms with Gasteiger partial charge in [-0.1, -0.05) is 20.3 Å². The first-order chi connectivity index (χ1) is 7.24. The second-order valence-corrected chi connectivity index (χ2v) is 6.44. The van der Waals surface area contributed by atoms with E-state index in [2.05, 4.69) is 19.2 Å². The molecule has 3 unspecified atom stereocenters. The smallest absolute Gasteiger partial charge is 0.0962 e. The number of fused-ring (bicyclic) bond motifs is 2. The molecule has 1 nitrogen and oxygen atoms in total. The fourth-order valence-electron chi connectivity index (χ4n) is 3.28. The van der Waals surface area contributed by atoms with E-state index >= 15 is 0 Å². The molecule has 82 valence electrons. The SMILES string of the molecule is CC(C)c1csc(C2CC3CCC2C3)n1. The van der Waals surface area contributed by atoms with E-state index in [1.165, 1.54) is 36.4 Å². The predicted molar refractivity (Wildman–Crippen MR) is 64.4 cm³/mol. The fourth-order valence-corrected chi connectivity index (χ4v) is 4.47. The summed E-state index contributed by atoms with van der Waals surface area (Å²) in [6.07, 6.45) is 5.87. The molecule has 2 bridgehead atoms. The van der Waals surface area contributed by atoms with Crippen LogP contribution in [0, 0.1) is 11.8 Å². The van der Waals surface area contributed by atoms with E-state index in [-0.39, 0.29) is 0 Å². The summed E-state index contributed by atoms with van der Waals surface area (Å²) in [5, 5.41) is 3.71. The number of aromatic nitrogens is 1. The first kappa shape index (κ1) is 9.83. The minimum atomic E-state index is 0.591. The highest BCUT2D eigenvalue weighted by atomic mass is 32.1. The monoisotopic (exact) mass is 221 g/mol. The second kappa shape index (κ2) is 3.58. The van der Waals surface area contributed by atoms with Gasteiger partial charge in [-0.15, -0.1) is 11.3 Å². The van der Waals surface area contributed by atoms with Crippen LogP contribution in [0.15, 0.2) is 5.38 Å². The van der Waals surface area contributed by atoms with Gasteiger partial charge in [-0.2, -0.15) is 0 Å². The summed E-state index contributed by atoms with van der Waals surface area (Å²) in [6.45, 7) is 4.47. The highest BCUT2D eigenvalue weighted by Crippen LogP contribution is 2.53. The number of rotatable bonds is 2. The van der Waals surface area contributed by atoms with Gasteiger partial charge in [0.1, 0.15) is 0 Å². The molecule has 3 atom stereocenters. The lowest BCUT2D eigenvalue weighted by Crippen LogP contribution is -2.08. The van der Waals surface area contributed by atoms with Crippen LogP contribution < -0.4 is 0 Å². The predicted octanol–water partition coefficient (Wildman–Crippen LogP) is 4.17. The van der Waals surface area contributed by atoms with Crippen LogP contribution in [-0.2, 0) is 0 Å². The summed E-state index contributed by atoms with van der Waals surface area (Å²) < 4.78 is 0. The van der Waals surface area contributed by atoms with Gasteiger partial charge in [-0.05, 0) is 37.0 Å². The van der Waals surface area contributed by atoms with Crippen molar-refractivity contribution in [3.63, 3.8) is 0 Å². The topological polar surface area (TPSA) is 12.9 Å². The first-order valence-corrected chi connectivity index (χ1v) is 7.07. The van der Waals surface area contributed by atoms with Crippen LogP contribution in [0.25, 0.3) is 0 Å². The van der Waals surface area contributed by atoms with E-state index in [9.17, 15) is 0 Å². The van der Waals surface area contributed by atoms with E-state index in [0.717, 1.165) is 17.8 Å². The third kappa shape index (κ3) is 1.63. The molecule has 15 heavy (non-hydrogen) atoms. The van der Waals surface area contributed by atoms with Crippen LogP contribution in [0.4, 0.5) is 0 Å². The summed E-state index contributed by atoms with van der Waals surface area (Å²) in [4.78, 5) is 4.83. The standard InChI is InChI=1S/C13H19NS/c1-8(2)12-7-15-13(14-12)11-6-9-3-4-10(11)5-9/h7-11H,3-6H2,1-2H3. The van der Waals surface area contributed by atoms with Crippen molar-refractivity contribution in [2.45, 2.75) is 51.4 Å². The Bertz CT molecular complexity index is 355. The number of nitrogens with zero attached hydrogens (tertiary/aromatic N) is 1. The van der Waals surface area contributed by atoms with Crippen LogP contribution in [0.2, 0.25) is 0 Å². The molecule has 0 saturated heterocycles. The molecular weight excluding hydrogens is 202 g/mol. The molecule has 2 aliphatic carbocycles. The molecule has 1 heterocycles. The number of hydrogen-bond acceptors (Lipinski definition) is 2. The Hall–Kier alpha value is -0.370. The lowest BCUT2D eigenvalue weighted by molar-refractivity contribution is 0.418. The Labute approximate surface area is 95.9 Å². The molecule has 1 aromatic rings. The van der Waals surface area contributed by atoms with Gasteiger partial charge in [-0.25, -0.2) is 4.98 Å². The van der Waals surface area contributed by atoms with Crippen molar-refractivity contribution in [2.75, 3.05) is 0 Å². The third-order valence-electron chi connectivity index (χ3n) is 4.19. The first-order valence-electron chi connectivity index (χ1n) is 6.19. The average Bonchev–Trinajstić information content (AvgIpc) is 2.93. The van der Waals surface area contributed by atoms with Crippen molar-refractivity contribution < 1.29 is 0 Å². The fraction of sp³-hybridized carbons (Fsp3) is 0.769. The molecule has 0 aromatic carbocycles. The van der Waals surface area contributed by atoms with Crippen LogP contribution in [0.5, 0.6) is 0 Å². The largest absolute Gasteiger partial charge is 0.246 e. The molecular formula is C13H19NS. The zero-order valence-electron chi connectivity index (χ0n) is 9.57. The summed E-state index contributed by atoms with van der Waals surface area (Å²) in [5.41, 5.74) is 1.30. The maximum Gasteiger partial charge on any atom is 0.0962 e. The van der Waals surface area contributed by atoms with Crippen molar-refractivity contribution in [1.29, 1.82) is 0 Å². The maximum atomic E-state index is 4.83.